The van der Waals surface area contributed by atoms with Crippen molar-refractivity contribution in [2.45, 2.75) is 20.3 Å². The summed E-state index contributed by atoms with van der Waals surface area (Å²) in [5, 5.41) is 8.92. The zero-order valence-electron chi connectivity index (χ0n) is 11.6. The van der Waals surface area contributed by atoms with E-state index in [1.54, 1.807) is 6.92 Å². The molecule has 0 saturated carbocycles. The van der Waals surface area contributed by atoms with Crippen molar-refractivity contribution < 1.29 is 9.90 Å². The number of hydrogen-bond acceptors (Lipinski definition) is 3. The van der Waals surface area contributed by atoms with Crippen LogP contribution in [-0.2, 0) is 4.79 Å². The maximum atomic E-state index is 10.8. The molecule has 0 aromatic rings. The van der Waals surface area contributed by atoms with Crippen molar-refractivity contribution in [2.75, 3.05) is 40.3 Å². The van der Waals surface area contributed by atoms with Gasteiger partial charge >= 0.3 is 5.97 Å². The molecule has 100 valence electrons. The van der Waals surface area contributed by atoms with Crippen molar-refractivity contribution in [1.82, 2.24) is 9.80 Å². The Balaban J connectivity index is 4.13. The summed E-state index contributed by atoms with van der Waals surface area (Å²) in [6, 6.07) is 0. The molecule has 0 radical (unpaired) electrons. The summed E-state index contributed by atoms with van der Waals surface area (Å²) < 4.78 is 0. The summed E-state index contributed by atoms with van der Waals surface area (Å²) in [6.07, 6.45) is 1.05. The van der Waals surface area contributed by atoms with Crippen LogP contribution in [0, 0.1) is 5.92 Å². The first kappa shape index (κ1) is 16.1. The number of aliphatic carboxylic acids is 1. The van der Waals surface area contributed by atoms with Gasteiger partial charge in [-0.3, -0.25) is 9.69 Å². The highest BCUT2D eigenvalue weighted by molar-refractivity contribution is 5.69. The highest BCUT2D eigenvalue weighted by Gasteiger charge is 2.15. The second-order valence-corrected chi connectivity index (χ2v) is 5.09. The molecule has 0 heterocycles. The lowest BCUT2D eigenvalue weighted by atomic mass is 10.1. The molecule has 0 fully saturated rings. The summed E-state index contributed by atoms with van der Waals surface area (Å²) >= 11 is 0. The molecule has 0 spiro atoms. The van der Waals surface area contributed by atoms with E-state index in [4.69, 9.17) is 5.11 Å². The van der Waals surface area contributed by atoms with E-state index in [1.165, 1.54) is 0 Å². The van der Waals surface area contributed by atoms with Crippen LogP contribution in [-0.4, -0.2) is 61.2 Å². The Morgan fingerprint density at radius 2 is 1.94 bits per heavy atom. The van der Waals surface area contributed by atoms with Crippen LogP contribution in [0.25, 0.3) is 0 Å². The number of nitrogens with zero attached hydrogens (tertiary/aromatic N) is 2. The summed E-state index contributed by atoms with van der Waals surface area (Å²) in [7, 11) is 4.09. The van der Waals surface area contributed by atoms with Crippen molar-refractivity contribution in [3.63, 3.8) is 0 Å². The quantitative estimate of drug-likeness (QED) is 0.623. The fourth-order valence-corrected chi connectivity index (χ4v) is 1.69. The lowest BCUT2D eigenvalue weighted by Gasteiger charge is -2.25. The second kappa shape index (κ2) is 8.25. The average Bonchev–Trinajstić information content (AvgIpc) is 2.15. The Labute approximate surface area is 105 Å². The van der Waals surface area contributed by atoms with E-state index < -0.39 is 5.97 Å². The Kier molecular flexibility index (Phi) is 7.83. The van der Waals surface area contributed by atoms with Crippen LogP contribution in [0.5, 0.6) is 0 Å². The van der Waals surface area contributed by atoms with Gasteiger partial charge < -0.3 is 10.0 Å². The Bertz CT molecular complexity index is 252. The molecule has 0 amide bonds. The van der Waals surface area contributed by atoms with Crippen LogP contribution in [0.2, 0.25) is 0 Å². The molecule has 4 heteroatoms. The van der Waals surface area contributed by atoms with E-state index in [1.807, 2.05) is 21.0 Å². The summed E-state index contributed by atoms with van der Waals surface area (Å²) in [5.41, 5.74) is 1.08. The van der Waals surface area contributed by atoms with E-state index in [9.17, 15) is 4.79 Å². The van der Waals surface area contributed by atoms with Crippen LogP contribution in [0.1, 0.15) is 20.3 Å². The van der Waals surface area contributed by atoms with Gasteiger partial charge in [-0.15, -0.1) is 0 Å². The van der Waals surface area contributed by atoms with Gasteiger partial charge in [0.25, 0.3) is 0 Å². The standard InChI is InChI=1S/C13H26N2O2/c1-11(2)9-15(8-6-7-14(4)5)10-12(3)13(16)17/h12H,1,6-10H2,2-5H3,(H,16,17). The molecule has 17 heavy (non-hydrogen) atoms. The number of hydrogen-bond donors (Lipinski definition) is 1. The lowest BCUT2D eigenvalue weighted by molar-refractivity contribution is -0.141. The highest BCUT2D eigenvalue weighted by atomic mass is 16.4. The molecular weight excluding hydrogens is 216 g/mol. The Hall–Kier alpha value is -0.870. The predicted octanol–water partition coefficient (Wildman–Crippen LogP) is 1.54. The van der Waals surface area contributed by atoms with Gasteiger partial charge in [-0.25, -0.2) is 0 Å². The fourth-order valence-electron chi connectivity index (χ4n) is 1.69. The molecule has 0 aliphatic rings. The SMILES string of the molecule is C=C(C)CN(CCCN(C)C)CC(C)C(=O)O. The minimum absolute atomic E-state index is 0.325. The van der Waals surface area contributed by atoms with Crippen LogP contribution >= 0.6 is 0 Å². The second-order valence-electron chi connectivity index (χ2n) is 5.09. The molecule has 0 saturated heterocycles. The molecule has 1 N–H and O–H groups in total. The highest BCUT2D eigenvalue weighted by Crippen LogP contribution is 2.04. The van der Waals surface area contributed by atoms with Gasteiger partial charge in [-0.05, 0) is 40.5 Å². The van der Waals surface area contributed by atoms with Gasteiger partial charge in [-0.1, -0.05) is 19.1 Å². The fraction of sp³-hybridized carbons (Fsp3) is 0.769. The number of carboxylic acids is 1. The molecule has 0 aromatic carbocycles. The average molecular weight is 242 g/mol. The Morgan fingerprint density at radius 1 is 1.35 bits per heavy atom. The van der Waals surface area contributed by atoms with Gasteiger partial charge in [0, 0.05) is 13.1 Å². The Morgan fingerprint density at radius 3 is 2.35 bits per heavy atom. The predicted molar refractivity (Wildman–Crippen MR) is 71.2 cm³/mol. The third-order valence-electron chi connectivity index (χ3n) is 2.53. The van der Waals surface area contributed by atoms with Crippen LogP contribution in [0.4, 0.5) is 0 Å². The normalized spacial score (nSPS) is 13.1. The summed E-state index contributed by atoms with van der Waals surface area (Å²) in [6.45, 7) is 10.9. The van der Waals surface area contributed by atoms with Crippen molar-refractivity contribution in [1.29, 1.82) is 0 Å². The molecule has 1 atom stereocenters. The first-order valence-electron chi connectivity index (χ1n) is 6.07. The third kappa shape index (κ3) is 8.89. The monoisotopic (exact) mass is 242 g/mol. The van der Waals surface area contributed by atoms with Gasteiger partial charge in [0.1, 0.15) is 0 Å². The third-order valence-corrected chi connectivity index (χ3v) is 2.53. The van der Waals surface area contributed by atoms with E-state index >= 15 is 0 Å². The van der Waals surface area contributed by atoms with Crippen molar-refractivity contribution >= 4 is 5.97 Å². The number of carboxylic acid groups (broad SMARTS) is 1. The van der Waals surface area contributed by atoms with E-state index in [-0.39, 0.29) is 5.92 Å². The first-order chi connectivity index (χ1) is 7.82. The maximum absolute atomic E-state index is 10.8. The van der Waals surface area contributed by atoms with Crippen molar-refractivity contribution in [3.8, 4) is 0 Å². The molecule has 0 bridgehead atoms. The number of rotatable bonds is 9. The van der Waals surface area contributed by atoms with Crippen molar-refractivity contribution in [2.24, 2.45) is 5.92 Å². The smallest absolute Gasteiger partial charge is 0.307 e. The topological polar surface area (TPSA) is 43.8 Å². The van der Waals surface area contributed by atoms with Gasteiger partial charge in [0.2, 0.25) is 0 Å². The van der Waals surface area contributed by atoms with E-state index in [0.717, 1.165) is 31.6 Å². The molecule has 1 unspecified atom stereocenters. The van der Waals surface area contributed by atoms with Gasteiger partial charge in [-0.2, -0.15) is 0 Å². The van der Waals surface area contributed by atoms with Crippen LogP contribution in [0.15, 0.2) is 12.2 Å². The zero-order chi connectivity index (χ0) is 13.4. The van der Waals surface area contributed by atoms with E-state index in [2.05, 4.69) is 16.4 Å². The van der Waals surface area contributed by atoms with Crippen LogP contribution < -0.4 is 0 Å². The van der Waals surface area contributed by atoms with Gasteiger partial charge in [0.05, 0.1) is 5.92 Å². The van der Waals surface area contributed by atoms with E-state index in [0.29, 0.717) is 6.54 Å². The summed E-state index contributed by atoms with van der Waals surface area (Å²) in [5.74, 6) is -1.06. The largest absolute Gasteiger partial charge is 0.481 e. The lowest BCUT2D eigenvalue weighted by Crippen LogP contribution is -2.34. The molecule has 0 aliphatic heterocycles. The van der Waals surface area contributed by atoms with Gasteiger partial charge in [0.15, 0.2) is 0 Å². The maximum Gasteiger partial charge on any atom is 0.307 e. The number of carbonyl (C=O) groups is 1. The van der Waals surface area contributed by atoms with Crippen LogP contribution in [0.3, 0.4) is 0 Å². The minimum Gasteiger partial charge on any atom is -0.481 e. The minimum atomic E-state index is -0.732. The molecule has 0 aliphatic carbocycles. The summed E-state index contributed by atoms with van der Waals surface area (Å²) in [4.78, 5) is 15.2. The molecule has 0 aromatic heterocycles. The molecule has 4 nitrogen and oxygen atoms in total. The first-order valence-corrected chi connectivity index (χ1v) is 6.07. The zero-order valence-corrected chi connectivity index (χ0v) is 11.6. The molecule has 0 rings (SSSR count). The van der Waals surface area contributed by atoms with Crippen molar-refractivity contribution in [3.05, 3.63) is 12.2 Å². The molecular formula is C13H26N2O2.